The molecule has 0 radical (unpaired) electrons. The van der Waals surface area contributed by atoms with Crippen molar-refractivity contribution < 1.29 is 4.74 Å². The third kappa shape index (κ3) is 2.97. The summed E-state index contributed by atoms with van der Waals surface area (Å²) in [4.78, 5) is 4.23. The van der Waals surface area contributed by atoms with Crippen molar-refractivity contribution in [2.24, 2.45) is 0 Å². The zero-order valence-corrected chi connectivity index (χ0v) is 9.96. The van der Waals surface area contributed by atoms with Gasteiger partial charge in [0.15, 0.2) is 0 Å². The normalized spacial score (nSPS) is 10.1. The van der Waals surface area contributed by atoms with Gasteiger partial charge in [0.1, 0.15) is 5.75 Å². The Hall–Kier alpha value is -1.55. The van der Waals surface area contributed by atoms with E-state index in [2.05, 4.69) is 10.3 Å². The van der Waals surface area contributed by atoms with Crippen LogP contribution in [0.3, 0.4) is 0 Å². The number of thiazole rings is 1. The number of benzene rings is 1. The molecular formula is C12H14N2OS. The highest BCUT2D eigenvalue weighted by atomic mass is 32.1. The fraction of sp³-hybridized carbons (Fsp3) is 0.250. The van der Waals surface area contributed by atoms with E-state index in [1.54, 1.807) is 18.4 Å². The Morgan fingerprint density at radius 2 is 2.38 bits per heavy atom. The number of ether oxygens (including phenoxy) is 1. The van der Waals surface area contributed by atoms with Crippen LogP contribution in [0.15, 0.2) is 35.8 Å². The third-order valence-corrected chi connectivity index (χ3v) is 3.06. The molecular weight excluding hydrogens is 220 g/mol. The van der Waals surface area contributed by atoms with E-state index in [1.807, 2.05) is 35.8 Å². The van der Waals surface area contributed by atoms with Crippen LogP contribution in [0, 0.1) is 0 Å². The number of rotatable bonds is 5. The minimum Gasteiger partial charge on any atom is -0.497 e. The number of nitrogens with zero attached hydrogens (tertiary/aromatic N) is 1. The number of hydrogen-bond donors (Lipinski definition) is 1. The summed E-state index contributed by atoms with van der Waals surface area (Å²) in [5, 5.41) is 6.51. The number of hydrogen-bond acceptors (Lipinski definition) is 4. The van der Waals surface area contributed by atoms with Gasteiger partial charge in [-0.1, -0.05) is 6.07 Å². The molecule has 0 atom stereocenters. The molecule has 3 nitrogen and oxygen atoms in total. The lowest BCUT2D eigenvalue weighted by Crippen LogP contribution is -2.04. The van der Waals surface area contributed by atoms with E-state index in [1.165, 1.54) is 0 Å². The molecule has 1 aromatic heterocycles. The van der Waals surface area contributed by atoms with E-state index in [-0.39, 0.29) is 0 Å². The van der Waals surface area contributed by atoms with Crippen molar-refractivity contribution in [3.8, 4) is 5.75 Å². The Balaban J connectivity index is 1.85. The molecule has 0 aliphatic rings. The van der Waals surface area contributed by atoms with E-state index in [9.17, 15) is 0 Å². The molecule has 0 saturated carbocycles. The maximum absolute atomic E-state index is 5.16. The highest BCUT2D eigenvalue weighted by molar-refractivity contribution is 7.09. The molecule has 0 amide bonds. The number of aromatic nitrogens is 1. The summed E-state index contributed by atoms with van der Waals surface area (Å²) in [5.41, 5.74) is 1.08. The van der Waals surface area contributed by atoms with E-state index in [0.717, 1.165) is 29.4 Å². The quantitative estimate of drug-likeness (QED) is 0.863. The fourth-order valence-electron chi connectivity index (χ4n) is 1.42. The van der Waals surface area contributed by atoms with Gasteiger partial charge in [0, 0.05) is 36.3 Å². The summed E-state index contributed by atoms with van der Waals surface area (Å²) < 4.78 is 5.16. The van der Waals surface area contributed by atoms with E-state index in [4.69, 9.17) is 4.74 Å². The zero-order valence-electron chi connectivity index (χ0n) is 9.14. The second-order valence-corrected chi connectivity index (χ2v) is 4.31. The minimum absolute atomic E-state index is 0.874. The first kappa shape index (κ1) is 11.0. The van der Waals surface area contributed by atoms with Crippen molar-refractivity contribution >= 4 is 17.0 Å². The molecule has 0 saturated heterocycles. The molecule has 0 aliphatic carbocycles. The standard InChI is InChI=1S/C12H14N2OS/c1-15-11-4-2-3-10(9-11)13-6-5-12-14-7-8-16-12/h2-4,7-9,13H,5-6H2,1H3. The molecule has 2 rings (SSSR count). The topological polar surface area (TPSA) is 34.1 Å². The molecule has 1 N–H and O–H groups in total. The van der Waals surface area contributed by atoms with Crippen LogP contribution in [0.2, 0.25) is 0 Å². The average molecular weight is 234 g/mol. The van der Waals surface area contributed by atoms with Gasteiger partial charge in [-0.25, -0.2) is 4.98 Å². The maximum atomic E-state index is 5.16. The Labute approximate surface area is 99.1 Å². The van der Waals surface area contributed by atoms with Gasteiger partial charge in [0.05, 0.1) is 12.1 Å². The Kier molecular flexibility index (Phi) is 3.77. The molecule has 0 bridgehead atoms. The molecule has 0 aliphatic heterocycles. The molecule has 1 aromatic carbocycles. The van der Waals surface area contributed by atoms with Crippen molar-refractivity contribution in [2.75, 3.05) is 19.0 Å². The van der Waals surface area contributed by atoms with Crippen LogP contribution in [0.5, 0.6) is 5.75 Å². The fourth-order valence-corrected chi connectivity index (χ4v) is 2.04. The minimum atomic E-state index is 0.874. The third-order valence-electron chi connectivity index (χ3n) is 2.22. The predicted molar refractivity (Wildman–Crippen MR) is 67.3 cm³/mol. The van der Waals surface area contributed by atoms with E-state index < -0.39 is 0 Å². The lowest BCUT2D eigenvalue weighted by molar-refractivity contribution is 0.415. The van der Waals surface area contributed by atoms with Gasteiger partial charge >= 0.3 is 0 Å². The lowest BCUT2D eigenvalue weighted by Gasteiger charge is -2.06. The number of methoxy groups -OCH3 is 1. The first-order chi connectivity index (χ1) is 7.88. The van der Waals surface area contributed by atoms with Gasteiger partial charge in [-0.3, -0.25) is 0 Å². The van der Waals surface area contributed by atoms with Crippen LogP contribution in [0.25, 0.3) is 0 Å². The van der Waals surface area contributed by atoms with Crippen LogP contribution >= 0.6 is 11.3 Å². The highest BCUT2D eigenvalue weighted by Gasteiger charge is 1.97. The Morgan fingerprint density at radius 3 is 3.12 bits per heavy atom. The molecule has 2 aromatic rings. The first-order valence-electron chi connectivity index (χ1n) is 5.15. The van der Waals surface area contributed by atoms with Crippen LogP contribution in [0.4, 0.5) is 5.69 Å². The van der Waals surface area contributed by atoms with Gasteiger partial charge in [-0.15, -0.1) is 11.3 Å². The van der Waals surface area contributed by atoms with Gasteiger partial charge in [0.2, 0.25) is 0 Å². The van der Waals surface area contributed by atoms with Gasteiger partial charge in [-0.05, 0) is 12.1 Å². The Bertz CT molecular complexity index is 428. The van der Waals surface area contributed by atoms with Crippen molar-refractivity contribution in [1.82, 2.24) is 4.98 Å². The number of anilines is 1. The van der Waals surface area contributed by atoms with Gasteiger partial charge in [0.25, 0.3) is 0 Å². The molecule has 4 heteroatoms. The average Bonchev–Trinajstić information content (AvgIpc) is 2.82. The van der Waals surface area contributed by atoms with Gasteiger partial charge < -0.3 is 10.1 Å². The van der Waals surface area contributed by atoms with Crippen molar-refractivity contribution in [1.29, 1.82) is 0 Å². The summed E-state index contributed by atoms with van der Waals surface area (Å²) in [6.07, 6.45) is 2.79. The highest BCUT2D eigenvalue weighted by Crippen LogP contribution is 2.16. The lowest BCUT2D eigenvalue weighted by atomic mass is 10.3. The molecule has 0 fully saturated rings. The largest absolute Gasteiger partial charge is 0.497 e. The summed E-state index contributed by atoms with van der Waals surface area (Å²) in [5.74, 6) is 0.874. The number of nitrogens with one attached hydrogen (secondary N) is 1. The second-order valence-electron chi connectivity index (χ2n) is 3.33. The molecule has 0 unspecified atom stereocenters. The summed E-state index contributed by atoms with van der Waals surface area (Å²) in [6, 6.07) is 7.93. The van der Waals surface area contributed by atoms with Crippen LogP contribution in [-0.4, -0.2) is 18.6 Å². The molecule has 0 spiro atoms. The summed E-state index contributed by atoms with van der Waals surface area (Å²) >= 11 is 1.69. The van der Waals surface area contributed by atoms with Crippen molar-refractivity contribution in [3.05, 3.63) is 40.8 Å². The summed E-state index contributed by atoms with van der Waals surface area (Å²) in [6.45, 7) is 0.890. The van der Waals surface area contributed by atoms with Crippen LogP contribution < -0.4 is 10.1 Å². The maximum Gasteiger partial charge on any atom is 0.120 e. The van der Waals surface area contributed by atoms with Crippen molar-refractivity contribution in [3.63, 3.8) is 0 Å². The molecule has 16 heavy (non-hydrogen) atoms. The molecule has 1 heterocycles. The molecule has 84 valence electrons. The van der Waals surface area contributed by atoms with Crippen LogP contribution in [0.1, 0.15) is 5.01 Å². The second kappa shape index (κ2) is 5.51. The van der Waals surface area contributed by atoms with E-state index >= 15 is 0 Å². The monoisotopic (exact) mass is 234 g/mol. The van der Waals surface area contributed by atoms with Crippen molar-refractivity contribution in [2.45, 2.75) is 6.42 Å². The van der Waals surface area contributed by atoms with Gasteiger partial charge in [-0.2, -0.15) is 0 Å². The first-order valence-corrected chi connectivity index (χ1v) is 6.03. The zero-order chi connectivity index (χ0) is 11.2. The van der Waals surface area contributed by atoms with Crippen LogP contribution in [-0.2, 0) is 6.42 Å². The van der Waals surface area contributed by atoms with E-state index in [0.29, 0.717) is 0 Å². The Morgan fingerprint density at radius 1 is 1.44 bits per heavy atom. The SMILES string of the molecule is COc1cccc(NCCc2nccs2)c1. The summed E-state index contributed by atoms with van der Waals surface area (Å²) in [7, 11) is 1.68. The smallest absolute Gasteiger partial charge is 0.120 e. The predicted octanol–water partition coefficient (Wildman–Crippen LogP) is 2.81.